The lowest BCUT2D eigenvalue weighted by molar-refractivity contribution is -0.122. The highest BCUT2D eigenvalue weighted by atomic mass is 16.6. The summed E-state index contributed by atoms with van der Waals surface area (Å²) < 4.78 is 11.1. The van der Waals surface area contributed by atoms with Crippen LogP contribution in [-0.4, -0.2) is 51.4 Å². The molecule has 2 heterocycles. The molecule has 0 radical (unpaired) electrons. The van der Waals surface area contributed by atoms with Crippen LogP contribution in [0.25, 0.3) is 0 Å². The van der Waals surface area contributed by atoms with E-state index in [1.54, 1.807) is 4.90 Å². The van der Waals surface area contributed by atoms with E-state index in [9.17, 15) is 9.59 Å². The topological polar surface area (TPSA) is 71.1 Å². The average molecular weight is 331 g/mol. The van der Waals surface area contributed by atoms with Gasteiger partial charge in [0.15, 0.2) is 0 Å². The summed E-state index contributed by atoms with van der Waals surface area (Å²) >= 11 is 0. The van der Waals surface area contributed by atoms with Gasteiger partial charge in [-0.2, -0.15) is 0 Å². The van der Waals surface area contributed by atoms with E-state index in [4.69, 9.17) is 9.47 Å². The lowest BCUT2D eigenvalue weighted by atomic mass is 10.2. The molecule has 7 heteroatoms. The normalized spacial score (nSPS) is 22.7. The molecule has 1 aromatic rings. The van der Waals surface area contributed by atoms with E-state index in [2.05, 4.69) is 10.2 Å². The first kappa shape index (κ1) is 15.1. The fourth-order valence-corrected chi connectivity index (χ4v) is 3.06. The highest BCUT2D eigenvalue weighted by Crippen LogP contribution is 2.35. The monoisotopic (exact) mass is 331 g/mol. The average Bonchev–Trinajstić information content (AvgIpc) is 3.36. The van der Waals surface area contributed by atoms with Crippen LogP contribution in [0.2, 0.25) is 0 Å². The highest BCUT2D eigenvalue weighted by Gasteiger charge is 2.35. The van der Waals surface area contributed by atoms with Crippen molar-refractivity contribution < 1.29 is 19.1 Å². The minimum atomic E-state index is -0.384. The fourth-order valence-electron chi connectivity index (χ4n) is 3.06. The van der Waals surface area contributed by atoms with Crippen LogP contribution >= 0.6 is 0 Å². The number of carbonyl (C=O) groups excluding carboxylic acids is 2. The first-order valence-corrected chi connectivity index (χ1v) is 8.35. The van der Waals surface area contributed by atoms with Crippen molar-refractivity contribution in [2.75, 3.05) is 43.1 Å². The number of rotatable bonds is 4. The highest BCUT2D eigenvalue weighted by molar-refractivity contribution is 5.90. The van der Waals surface area contributed by atoms with Gasteiger partial charge in [-0.1, -0.05) is 0 Å². The molecule has 0 unspecified atom stereocenters. The standard InChI is InChI=1S/C17H21N3O4/c1-19-6-7-23-15-8-12(4-5-14(15)19)20-10-13(24-17(20)22)9-18-16(21)11-2-3-11/h4-5,8,11,13H,2-3,6-7,9-10H2,1H3,(H,18,21)/t13-/m0/s1. The number of likely N-dealkylation sites (N-methyl/N-ethyl adjacent to an activating group) is 1. The van der Waals surface area contributed by atoms with Crippen molar-refractivity contribution in [3.63, 3.8) is 0 Å². The van der Waals surface area contributed by atoms with Crippen molar-refractivity contribution in [1.82, 2.24) is 5.32 Å². The summed E-state index contributed by atoms with van der Waals surface area (Å²) in [6.45, 7) is 2.27. The summed E-state index contributed by atoms with van der Waals surface area (Å²) in [6.07, 6.45) is 1.22. The smallest absolute Gasteiger partial charge is 0.414 e. The molecule has 1 aliphatic carbocycles. The summed E-state index contributed by atoms with van der Waals surface area (Å²) in [4.78, 5) is 27.6. The van der Waals surface area contributed by atoms with Gasteiger partial charge in [-0.05, 0) is 25.0 Å². The summed E-state index contributed by atoms with van der Waals surface area (Å²) in [6, 6.07) is 5.73. The maximum Gasteiger partial charge on any atom is 0.414 e. The molecule has 3 aliphatic rings. The summed E-state index contributed by atoms with van der Waals surface area (Å²) in [5, 5.41) is 2.86. The quantitative estimate of drug-likeness (QED) is 0.902. The Morgan fingerprint density at radius 1 is 1.38 bits per heavy atom. The number of nitrogens with zero attached hydrogens (tertiary/aromatic N) is 2. The molecule has 2 aliphatic heterocycles. The lowest BCUT2D eigenvalue weighted by Crippen LogP contribution is -2.35. The predicted molar refractivity (Wildman–Crippen MR) is 88.6 cm³/mol. The van der Waals surface area contributed by atoms with Gasteiger partial charge in [-0.15, -0.1) is 0 Å². The Kier molecular flexibility index (Phi) is 3.70. The van der Waals surface area contributed by atoms with Gasteiger partial charge in [0.1, 0.15) is 18.5 Å². The number of anilines is 2. The second-order valence-electron chi connectivity index (χ2n) is 6.56. The van der Waals surface area contributed by atoms with Crippen molar-refractivity contribution in [3.05, 3.63) is 18.2 Å². The molecule has 24 heavy (non-hydrogen) atoms. The molecule has 1 saturated heterocycles. The molecule has 2 fully saturated rings. The molecule has 1 atom stereocenters. The van der Waals surface area contributed by atoms with Gasteiger partial charge in [0.25, 0.3) is 0 Å². The maximum absolute atomic E-state index is 12.1. The number of carbonyl (C=O) groups is 2. The summed E-state index contributed by atoms with van der Waals surface area (Å²) in [5.41, 5.74) is 1.77. The lowest BCUT2D eigenvalue weighted by Gasteiger charge is -2.28. The van der Waals surface area contributed by atoms with Gasteiger partial charge in [0.2, 0.25) is 5.91 Å². The number of ether oxygens (including phenoxy) is 2. The Balaban J connectivity index is 1.42. The van der Waals surface area contributed by atoms with Gasteiger partial charge in [0, 0.05) is 19.0 Å². The number of nitrogens with one attached hydrogen (secondary N) is 1. The molecule has 0 aromatic heterocycles. The molecule has 0 spiro atoms. The number of hydrogen-bond acceptors (Lipinski definition) is 5. The molecule has 128 valence electrons. The molecule has 7 nitrogen and oxygen atoms in total. The van der Waals surface area contributed by atoms with Crippen LogP contribution in [0.5, 0.6) is 5.75 Å². The minimum absolute atomic E-state index is 0.0646. The Labute approximate surface area is 140 Å². The van der Waals surface area contributed by atoms with E-state index in [0.717, 1.165) is 36.5 Å². The second-order valence-corrected chi connectivity index (χ2v) is 6.56. The van der Waals surface area contributed by atoms with Crippen LogP contribution in [0, 0.1) is 5.92 Å². The Bertz CT molecular complexity index is 674. The van der Waals surface area contributed by atoms with Gasteiger partial charge < -0.3 is 19.7 Å². The van der Waals surface area contributed by atoms with Crippen LogP contribution in [0.1, 0.15) is 12.8 Å². The third kappa shape index (κ3) is 2.86. The summed E-state index contributed by atoms with van der Waals surface area (Å²) in [7, 11) is 2.02. The zero-order chi connectivity index (χ0) is 16.7. The van der Waals surface area contributed by atoms with Crippen molar-refractivity contribution in [2.24, 2.45) is 5.92 Å². The third-order valence-electron chi connectivity index (χ3n) is 4.68. The van der Waals surface area contributed by atoms with Crippen molar-refractivity contribution in [2.45, 2.75) is 18.9 Å². The molecule has 0 bridgehead atoms. The molecule has 4 rings (SSSR count). The SMILES string of the molecule is CN1CCOc2cc(N3C[C@H](CNC(=O)C4CC4)OC3=O)ccc21. The molecule has 2 amide bonds. The van der Waals surface area contributed by atoms with E-state index in [1.165, 1.54) is 0 Å². The van der Waals surface area contributed by atoms with Crippen molar-refractivity contribution in [1.29, 1.82) is 0 Å². The maximum atomic E-state index is 12.1. The number of hydrogen-bond donors (Lipinski definition) is 1. The Morgan fingerprint density at radius 2 is 2.21 bits per heavy atom. The Hall–Kier alpha value is -2.44. The largest absolute Gasteiger partial charge is 0.489 e. The summed E-state index contributed by atoms with van der Waals surface area (Å²) in [5.74, 6) is 1.00. The van der Waals surface area contributed by atoms with Gasteiger partial charge in [-0.25, -0.2) is 4.79 Å². The van der Waals surface area contributed by atoms with E-state index in [-0.39, 0.29) is 24.0 Å². The van der Waals surface area contributed by atoms with Gasteiger partial charge >= 0.3 is 6.09 Å². The van der Waals surface area contributed by atoms with Crippen LogP contribution in [0.15, 0.2) is 18.2 Å². The molecular formula is C17H21N3O4. The van der Waals surface area contributed by atoms with E-state index in [1.807, 2.05) is 25.2 Å². The Morgan fingerprint density at radius 3 is 3.00 bits per heavy atom. The van der Waals surface area contributed by atoms with Crippen LogP contribution in [0.3, 0.4) is 0 Å². The van der Waals surface area contributed by atoms with Crippen molar-refractivity contribution in [3.8, 4) is 5.75 Å². The van der Waals surface area contributed by atoms with Gasteiger partial charge in [-0.3, -0.25) is 9.69 Å². The molecule has 1 aromatic carbocycles. The van der Waals surface area contributed by atoms with Gasteiger partial charge in [0.05, 0.1) is 31.0 Å². The first-order chi connectivity index (χ1) is 11.6. The number of amides is 2. The van der Waals surface area contributed by atoms with Crippen LogP contribution < -0.4 is 19.9 Å². The van der Waals surface area contributed by atoms with Crippen LogP contribution in [0.4, 0.5) is 16.2 Å². The number of cyclic esters (lactones) is 1. The first-order valence-electron chi connectivity index (χ1n) is 8.35. The molecule has 1 N–H and O–H groups in total. The van der Waals surface area contributed by atoms with E-state index < -0.39 is 0 Å². The number of benzene rings is 1. The van der Waals surface area contributed by atoms with Crippen LogP contribution in [-0.2, 0) is 9.53 Å². The van der Waals surface area contributed by atoms with E-state index in [0.29, 0.717) is 19.7 Å². The van der Waals surface area contributed by atoms with Crippen molar-refractivity contribution >= 4 is 23.4 Å². The number of fused-ring (bicyclic) bond motifs is 1. The fraction of sp³-hybridized carbons (Fsp3) is 0.529. The van der Waals surface area contributed by atoms with E-state index >= 15 is 0 Å². The molecule has 1 saturated carbocycles. The molecular weight excluding hydrogens is 310 g/mol. The third-order valence-corrected chi connectivity index (χ3v) is 4.68. The zero-order valence-corrected chi connectivity index (χ0v) is 13.7. The predicted octanol–water partition coefficient (Wildman–Crippen LogP) is 1.37. The minimum Gasteiger partial charge on any atom is -0.489 e. The second kappa shape index (κ2) is 5.89. The zero-order valence-electron chi connectivity index (χ0n) is 13.7.